The molecule has 1 amide bonds. The molecule has 0 aliphatic heterocycles. The second kappa shape index (κ2) is 15.8. The van der Waals surface area contributed by atoms with E-state index in [4.69, 9.17) is 0 Å². The van der Waals surface area contributed by atoms with Crippen LogP contribution in [0.15, 0.2) is 36.4 Å². The summed E-state index contributed by atoms with van der Waals surface area (Å²) < 4.78 is 0. The lowest BCUT2D eigenvalue weighted by atomic mass is 9.84. The summed E-state index contributed by atoms with van der Waals surface area (Å²) in [5.41, 5.74) is 0.820. The van der Waals surface area contributed by atoms with Gasteiger partial charge in [0, 0.05) is 18.4 Å². The number of carbonyl (C=O) groups is 1. The maximum absolute atomic E-state index is 12.3. The lowest BCUT2D eigenvalue weighted by molar-refractivity contribution is -0.121. The first-order valence-corrected chi connectivity index (χ1v) is 13.9. The quantitative estimate of drug-likeness (QED) is 0.215. The molecule has 0 aliphatic rings. The van der Waals surface area contributed by atoms with E-state index >= 15 is 0 Å². The summed E-state index contributed by atoms with van der Waals surface area (Å²) in [5.74, 6) is 0.517. The molecule has 190 valence electrons. The summed E-state index contributed by atoms with van der Waals surface area (Å²) in [7, 11) is 0. The second-order valence-electron chi connectivity index (χ2n) is 10.9. The Bertz CT molecular complexity index is 842. The van der Waals surface area contributed by atoms with Gasteiger partial charge in [0.15, 0.2) is 0 Å². The summed E-state index contributed by atoms with van der Waals surface area (Å²) in [6.45, 7) is 7.19. The van der Waals surface area contributed by atoms with E-state index in [1.807, 2.05) is 30.3 Å². The minimum Gasteiger partial charge on any atom is -0.507 e. The number of fused-ring (bicyclic) bond motifs is 1. The van der Waals surface area contributed by atoms with Gasteiger partial charge in [0.25, 0.3) is 0 Å². The number of hydrogen-bond acceptors (Lipinski definition) is 2. The SMILES string of the molecule is CCCCCCCCCCCCCCCC(=O)NCC(C)(C)Cc1ccc2ccccc2c1O. The Labute approximate surface area is 208 Å². The van der Waals surface area contributed by atoms with Crippen molar-refractivity contribution >= 4 is 16.7 Å². The van der Waals surface area contributed by atoms with Crippen molar-refractivity contribution in [1.29, 1.82) is 0 Å². The van der Waals surface area contributed by atoms with Gasteiger partial charge in [-0.25, -0.2) is 0 Å². The van der Waals surface area contributed by atoms with Gasteiger partial charge in [0.1, 0.15) is 5.75 Å². The van der Waals surface area contributed by atoms with Crippen LogP contribution in [0.2, 0.25) is 0 Å². The third kappa shape index (κ3) is 10.9. The zero-order valence-corrected chi connectivity index (χ0v) is 22.1. The van der Waals surface area contributed by atoms with Gasteiger partial charge >= 0.3 is 0 Å². The number of carbonyl (C=O) groups excluding carboxylic acids is 1. The third-order valence-electron chi connectivity index (χ3n) is 6.92. The molecule has 2 aromatic rings. The molecule has 0 heterocycles. The number of benzene rings is 2. The average molecular weight is 468 g/mol. The monoisotopic (exact) mass is 467 g/mol. The van der Waals surface area contributed by atoms with Crippen LogP contribution < -0.4 is 5.32 Å². The Kier molecular flexibility index (Phi) is 13.1. The largest absolute Gasteiger partial charge is 0.507 e. The van der Waals surface area contributed by atoms with E-state index in [0.29, 0.717) is 18.7 Å². The molecule has 34 heavy (non-hydrogen) atoms. The third-order valence-corrected chi connectivity index (χ3v) is 6.92. The number of rotatable bonds is 18. The topological polar surface area (TPSA) is 49.3 Å². The number of phenolic OH excluding ortho intramolecular Hbond substituents is 1. The smallest absolute Gasteiger partial charge is 0.220 e. The van der Waals surface area contributed by atoms with Gasteiger partial charge in [-0.05, 0) is 29.2 Å². The summed E-state index contributed by atoms with van der Waals surface area (Å²) in [5, 5.41) is 15.8. The Morgan fingerprint density at radius 3 is 1.97 bits per heavy atom. The lowest BCUT2D eigenvalue weighted by Crippen LogP contribution is -2.35. The van der Waals surface area contributed by atoms with E-state index in [9.17, 15) is 9.90 Å². The van der Waals surface area contributed by atoms with Crippen molar-refractivity contribution in [3.05, 3.63) is 42.0 Å². The highest BCUT2D eigenvalue weighted by atomic mass is 16.3. The Balaban J connectivity index is 1.53. The van der Waals surface area contributed by atoms with Crippen LogP contribution >= 0.6 is 0 Å². The van der Waals surface area contributed by atoms with Crippen molar-refractivity contribution in [2.24, 2.45) is 5.41 Å². The molecule has 0 radical (unpaired) electrons. The minimum absolute atomic E-state index is 0.119. The van der Waals surface area contributed by atoms with Gasteiger partial charge in [0.2, 0.25) is 5.91 Å². The van der Waals surface area contributed by atoms with Crippen molar-refractivity contribution in [1.82, 2.24) is 5.32 Å². The average Bonchev–Trinajstić information content (AvgIpc) is 2.83. The van der Waals surface area contributed by atoms with Crippen molar-refractivity contribution in [2.45, 2.75) is 117 Å². The van der Waals surface area contributed by atoms with E-state index in [2.05, 4.69) is 32.2 Å². The van der Waals surface area contributed by atoms with Gasteiger partial charge < -0.3 is 10.4 Å². The number of amides is 1. The summed E-state index contributed by atoms with van der Waals surface area (Å²) >= 11 is 0. The fraction of sp³-hybridized carbons (Fsp3) is 0.645. The number of hydrogen-bond donors (Lipinski definition) is 2. The minimum atomic E-state index is -0.119. The Hall–Kier alpha value is -2.03. The molecule has 0 saturated heterocycles. The van der Waals surface area contributed by atoms with Gasteiger partial charge in [0.05, 0.1) is 0 Å². The predicted octanol–water partition coefficient (Wildman–Crippen LogP) is 8.71. The van der Waals surface area contributed by atoms with Crippen LogP contribution in [-0.2, 0) is 11.2 Å². The molecule has 0 spiro atoms. The molecule has 3 heteroatoms. The maximum Gasteiger partial charge on any atom is 0.220 e. The van der Waals surface area contributed by atoms with E-state index in [-0.39, 0.29) is 11.3 Å². The zero-order valence-electron chi connectivity index (χ0n) is 22.1. The molecule has 2 rings (SSSR count). The van der Waals surface area contributed by atoms with E-state index in [0.717, 1.165) is 35.6 Å². The zero-order chi connectivity index (χ0) is 24.7. The van der Waals surface area contributed by atoms with Crippen molar-refractivity contribution < 1.29 is 9.90 Å². The van der Waals surface area contributed by atoms with E-state index in [1.54, 1.807) is 0 Å². The highest BCUT2D eigenvalue weighted by molar-refractivity contribution is 5.89. The number of unbranched alkanes of at least 4 members (excludes halogenated alkanes) is 12. The lowest BCUT2D eigenvalue weighted by Gasteiger charge is -2.26. The Morgan fingerprint density at radius 2 is 1.35 bits per heavy atom. The summed E-state index contributed by atoms with van der Waals surface area (Å²) in [6, 6.07) is 12.0. The van der Waals surface area contributed by atoms with Crippen LogP contribution in [0.1, 0.15) is 116 Å². The molecule has 0 bridgehead atoms. The fourth-order valence-corrected chi connectivity index (χ4v) is 4.75. The van der Waals surface area contributed by atoms with Crippen molar-refractivity contribution in [3.63, 3.8) is 0 Å². The highest BCUT2D eigenvalue weighted by Crippen LogP contribution is 2.33. The van der Waals surface area contributed by atoms with Crippen LogP contribution in [-0.4, -0.2) is 17.6 Å². The molecular formula is C31H49NO2. The molecule has 3 nitrogen and oxygen atoms in total. The molecule has 2 N–H and O–H groups in total. The maximum atomic E-state index is 12.3. The number of phenols is 1. The Morgan fingerprint density at radius 1 is 0.794 bits per heavy atom. The van der Waals surface area contributed by atoms with Crippen molar-refractivity contribution in [3.8, 4) is 5.75 Å². The molecule has 0 atom stereocenters. The fourth-order valence-electron chi connectivity index (χ4n) is 4.75. The first-order valence-electron chi connectivity index (χ1n) is 13.9. The summed E-state index contributed by atoms with van der Waals surface area (Å²) in [4.78, 5) is 12.3. The molecule has 0 aromatic heterocycles. The normalized spacial score (nSPS) is 11.7. The molecule has 0 saturated carbocycles. The molecule has 2 aromatic carbocycles. The number of aromatic hydroxyl groups is 1. The van der Waals surface area contributed by atoms with Crippen LogP contribution in [0, 0.1) is 5.41 Å². The molecule has 0 unspecified atom stereocenters. The highest BCUT2D eigenvalue weighted by Gasteiger charge is 2.21. The predicted molar refractivity (Wildman–Crippen MR) is 146 cm³/mol. The second-order valence-corrected chi connectivity index (χ2v) is 10.9. The van der Waals surface area contributed by atoms with E-state index in [1.165, 1.54) is 70.6 Å². The van der Waals surface area contributed by atoms with Gasteiger partial charge in [-0.15, -0.1) is 0 Å². The summed E-state index contributed by atoms with van der Waals surface area (Å²) in [6.07, 6.45) is 18.5. The van der Waals surface area contributed by atoms with Crippen LogP contribution in [0.4, 0.5) is 0 Å². The van der Waals surface area contributed by atoms with E-state index < -0.39 is 0 Å². The first kappa shape index (κ1) is 28.2. The molecular weight excluding hydrogens is 418 g/mol. The van der Waals surface area contributed by atoms with Gasteiger partial charge in [-0.2, -0.15) is 0 Å². The standard InChI is InChI=1S/C31H49NO2/c1-4-5-6-7-8-9-10-11-12-13-14-15-16-21-29(33)32-25-31(2,3)24-27-23-22-26-19-17-18-20-28(26)30(27)34/h17-20,22-23,34H,4-16,21,24-25H2,1-3H3,(H,32,33). The van der Waals surface area contributed by atoms with Gasteiger partial charge in [-0.3, -0.25) is 4.79 Å². The number of nitrogens with one attached hydrogen (secondary N) is 1. The van der Waals surface area contributed by atoms with Crippen LogP contribution in [0.5, 0.6) is 5.75 Å². The molecule has 0 fully saturated rings. The first-order chi connectivity index (χ1) is 16.4. The molecule has 0 aliphatic carbocycles. The van der Waals surface area contributed by atoms with Crippen LogP contribution in [0.25, 0.3) is 10.8 Å². The van der Waals surface area contributed by atoms with Crippen molar-refractivity contribution in [2.75, 3.05) is 6.54 Å². The van der Waals surface area contributed by atoms with Crippen LogP contribution in [0.3, 0.4) is 0 Å². The van der Waals surface area contributed by atoms with Gasteiger partial charge in [-0.1, -0.05) is 134 Å².